The molecule has 13 atom stereocenters. The van der Waals surface area contributed by atoms with Crippen LogP contribution in [0.4, 0.5) is 0 Å². The van der Waals surface area contributed by atoms with Crippen LogP contribution in [-0.2, 0) is 28.5 Å². The lowest BCUT2D eigenvalue weighted by Crippen LogP contribution is -2.79. The zero-order valence-electron chi connectivity index (χ0n) is 36.3. The molecule has 0 aromatic heterocycles. The summed E-state index contributed by atoms with van der Waals surface area (Å²) in [6.07, 6.45) is 21.4. The molecule has 6 fully saturated rings. The number of rotatable bonds is 21. The topological polar surface area (TPSA) is 124 Å². The molecule has 1 aliphatic heterocycles. The number of ether oxygens (including phenoxy) is 5. The lowest BCUT2D eigenvalue weighted by Gasteiger charge is -2.68. The van der Waals surface area contributed by atoms with Gasteiger partial charge in [-0.1, -0.05) is 94.2 Å². The van der Waals surface area contributed by atoms with Crippen LogP contribution in [0.3, 0.4) is 0 Å². The molecule has 7 rings (SSSR count). The van der Waals surface area contributed by atoms with Crippen LogP contribution in [0.5, 0.6) is 0 Å². The normalized spacial score (nSPS) is 39.4. The summed E-state index contributed by atoms with van der Waals surface area (Å²) >= 11 is 0. The predicted octanol–water partition coefficient (Wildman–Crippen LogP) is 7.62. The fourth-order valence-corrected chi connectivity index (χ4v) is 14.0. The number of carbonyl (C=O) groups excluding carboxylic acids is 2. The van der Waals surface area contributed by atoms with Gasteiger partial charge in [0, 0.05) is 63.5 Å². The van der Waals surface area contributed by atoms with Crippen molar-refractivity contribution >= 4 is 11.9 Å². The highest BCUT2D eigenvalue weighted by atomic mass is 16.6. The molecule has 7 bridgehead atoms. The van der Waals surface area contributed by atoms with Crippen LogP contribution < -0.4 is 0 Å². The Hall–Kier alpha value is -2.86. The molecule has 5 saturated carbocycles. The van der Waals surface area contributed by atoms with Crippen LogP contribution >= 0.6 is 0 Å². The van der Waals surface area contributed by atoms with E-state index in [2.05, 4.69) is 55.2 Å². The number of fused-ring (bicyclic) bond motifs is 2. The van der Waals surface area contributed by atoms with Crippen molar-refractivity contribution < 1.29 is 43.5 Å². The molecule has 10 heteroatoms. The first-order valence-corrected chi connectivity index (χ1v) is 22.8. The van der Waals surface area contributed by atoms with Gasteiger partial charge in [-0.3, -0.25) is 9.69 Å². The van der Waals surface area contributed by atoms with E-state index in [4.69, 9.17) is 23.7 Å². The Morgan fingerprint density at radius 2 is 1.58 bits per heavy atom. The van der Waals surface area contributed by atoms with Crippen molar-refractivity contribution in [3.63, 3.8) is 0 Å². The number of hydrogen-bond acceptors (Lipinski definition) is 10. The minimum absolute atomic E-state index is 0.0259. The van der Waals surface area contributed by atoms with E-state index >= 15 is 0 Å². The maximum Gasteiger partial charge on any atom is 0.338 e. The smallest absolute Gasteiger partial charge is 0.338 e. The van der Waals surface area contributed by atoms with E-state index < -0.39 is 47.3 Å². The molecule has 1 aromatic rings. The van der Waals surface area contributed by atoms with Crippen molar-refractivity contribution in [2.75, 3.05) is 41.0 Å². The number of likely N-dealkylation sites (tertiary alicyclic amines) is 1. The summed E-state index contributed by atoms with van der Waals surface area (Å²) in [7, 11) is 5.00. The van der Waals surface area contributed by atoms with Gasteiger partial charge in [0.15, 0.2) is 5.60 Å². The van der Waals surface area contributed by atoms with Gasteiger partial charge in [-0.15, -0.1) is 0 Å². The predicted molar refractivity (Wildman–Crippen MR) is 226 cm³/mol. The minimum Gasteiger partial charge on any atom is -0.455 e. The Balaban J connectivity index is 1.15. The average molecular weight is 818 g/mol. The maximum absolute atomic E-state index is 14.5. The second-order valence-electron chi connectivity index (χ2n) is 18.5. The van der Waals surface area contributed by atoms with Crippen LogP contribution in [0.2, 0.25) is 0 Å². The molecular formula is C49H71NO9. The van der Waals surface area contributed by atoms with Gasteiger partial charge in [-0.05, 0) is 87.8 Å². The molecule has 1 saturated heterocycles. The molecule has 1 unspecified atom stereocenters. The second kappa shape index (κ2) is 18.6. The Bertz CT molecular complexity index is 1680. The van der Waals surface area contributed by atoms with Crippen molar-refractivity contribution in [2.24, 2.45) is 34.5 Å². The number of methoxy groups -OCH3 is 3. The van der Waals surface area contributed by atoms with Gasteiger partial charge in [0.25, 0.3) is 0 Å². The fourth-order valence-electron chi connectivity index (χ4n) is 14.0. The highest BCUT2D eigenvalue weighted by Gasteiger charge is 2.90. The summed E-state index contributed by atoms with van der Waals surface area (Å²) in [5, 5.41) is 25.9. The van der Waals surface area contributed by atoms with Crippen molar-refractivity contribution in [1.29, 1.82) is 0 Å². The van der Waals surface area contributed by atoms with Crippen LogP contribution in [0.1, 0.15) is 114 Å². The number of hydrogen-bond donors (Lipinski definition) is 2. The van der Waals surface area contributed by atoms with Crippen LogP contribution in [-0.4, -0.2) is 110 Å². The number of benzene rings is 1. The van der Waals surface area contributed by atoms with Crippen LogP contribution in [0.25, 0.3) is 0 Å². The molecular weight excluding hydrogens is 747 g/mol. The molecule has 326 valence electrons. The van der Waals surface area contributed by atoms with E-state index in [0.717, 1.165) is 83.7 Å². The maximum atomic E-state index is 14.5. The van der Waals surface area contributed by atoms with E-state index in [9.17, 15) is 19.8 Å². The Morgan fingerprint density at radius 3 is 2.27 bits per heavy atom. The molecule has 0 radical (unpaired) electrons. The summed E-state index contributed by atoms with van der Waals surface area (Å²) in [6.45, 7) is 6.47. The van der Waals surface area contributed by atoms with Gasteiger partial charge < -0.3 is 33.9 Å². The van der Waals surface area contributed by atoms with Crippen molar-refractivity contribution in [1.82, 2.24) is 4.90 Å². The average Bonchev–Trinajstić information content (AvgIpc) is 3.61. The zero-order valence-corrected chi connectivity index (χ0v) is 36.3. The van der Waals surface area contributed by atoms with E-state index in [1.807, 2.05) is 6.07 Å². The highest BCUT2D eigenvalue weighted by molar-refractivity contribution is 5.89. The third-order valence-electron chi connectivity index (χ3n) is 15.7. The van der Waals surface area contributed by atoms with Crippen LogP contribution in [0, 0.1) is 34.5 Å². The van der Waals surface area contributed by atoms with E-state index in [1.165, 1.54) is 7.11 Å². The summed E-state index contributed by atoms with van der Waals surface area (Å²) in [5.74, 6) is -2.31. The third kappa shape index (κ3) is 7.39. The van der Waals surface area contributed by atoms with E-state index in [1.54, 1.807) is 38.5 Å². The number of piperidine rings is 1. The SMILES string of the molecule is CC/C=C\C/C=C\C/C=C\CCCCCCCC(=O)O[C@]12[C@H]3[C@@H](OC(=O)c4ccccc4)[C@](O)(C[C@H]3[C@@]34CCC[C@@]5(COC)CN(CC)C3[C@@H]1[C@H](OC)[C@H]54)[C@@H](OC)[C@@H]2O. The Labute approximate surface area is 352 Å². The van der Waals surface area contributed by atoms with Crippen molar-refractivity contribution in [2.45, 2.75) is 145 Å². The van der Waals surface area contributed by atoms with Crippen LogP contribution in [0.15, 0.2) is 66.8 Å². The lowest BCUT2D eigenvalue weighted by atomic mass is 9.44. The van der Waals surface area contributed by atoms with Gasteiger partial charge >= 0.3 is 11.9 Å². The first-order chi connectivity index (χ1) is 28.6. The first-order valence-electron chi connectivity index (χ1n) is 22.8. The zero-order chi connectivity index (χ0) is 41.8. The fraction of sp³-hybridized carbons (Fsp3) is 0.714. The summed E-state index contributed by atoms with van der Waals surface area (Å²) in [5.41, 5.74) is -3.49. The van der Waals surface area contributed by atoms with E-state index in [0.29, 0.717) is 18.6 Å². The van der Waals surface area contributed by atoms with Crippen molar-refractivity contribution in [3.05, 3.63) is 72.4 Å². The van der Waals surface area contributed by atoms with Gasteiger partial charge in [0.2, 0.25) is 0 Å². The molecule has 10 nitrogen and oxygen atoms in total. The summed E-state index contributed by atoms with van der Waals surface area (Å²) in [4.78, 5) is 31.0. The highest BCUT2D eigenvalue weighted by Crippen LogP contribution is 2.80. The molecule has 1 heterocycles. The van der Waals surface area contributed by atoms with Crippen molar-refractivity contribution in [3.8, 4) is 0 Å². The molecule has 1 spiro atoms. The first kappa shape index (κ1) is 44.2. The number of aliphatic hydroxyl groups is 2. The molecule has 2 N–H and O–H groups in total. The number of unbranched alkanes of at least 4 members (excludes halogenated alkanes) is 5. The molecule has 1 aromatic carbocycles. The summed E-state index contributed by atoms with van der Waals surface area (Å²) in [6, 6.07) is 8.72. The van der Waals surface area contributed by atoms with Gasteiger partial charge in [0.1, 0.15) is 23.9 Å². The molecule has 6 aliphatic rings. The molecule has 0 amide bonds. The monoisotopic (exact) mass is 818 g/mol. The lowest BCUT2D eigenvalue weighted by molar-refractivity contribution is -0.311. The number of aliphatic hydroxyl groups excluding tert-OH is 1. The van der Waals surface area contributed by atoms with Gasteiger partial charge in [-0.2, -0.15) is 0 Å². The van der Waals surface area contributed by atoms with E-state index in [-0.39, 0.29) is 53.6 Å². The number of allylic oxidation sites excluding steroid dienone is 6. The third-order valence-corrected chi connectivity index (χ3v) is 15.7. The number of esters is 2. The standard InChI is InChI=1S/C49H71NO9/c1-6-8-9-10-11-12-13-14-15-16-17-18-19-20-24-28-36(51)59-49-37-35(31-48(54,44(57-5)42(49)52)43(37)58-45(53)34-26-22-21-23-27-34)47-30-25-29-46(33-55-3)32-50(7-2)41(47)38(49)39(56-4)40(46)47/h8-9,11-12,14-15,21-23,26-27,35,37-44,52,54H,6-7,10,13,16-20,24-25,28-33H2,1-5H3/b9-8-,12-11-,15-14-/t35-,37-,38+,39+,40-,41?,42+,43-,44+,46+,47-,48-,49-/m1/s1. The second-order valence-corrected chi connectivity index (χ2v) is 18.5. The largest absolute Gasteiger partial charge is 0.455 e. The summed E-state index contributed by atoms with van der Waals surface area (Å²) < 4.78 is 32.3. The van der Waals surface area contributed by atoms with Gasteiger partial charge in [0.05, 0.1) is 18.3 Å². The Kier molecular flexibility index (Phi) is 14.0. The Morgan fingerprint density at radius 1 is 0.864 bits per heavy atom. The molecule has 59 heavy (non-hydrogen) atoms. The number of carbonyl (C=O) groups is 2. The quantitative estimate of drug-likeness (QED) is 0.0728. The minimum atomic E-state index is -1.71. The molecule has 5 aliphatic carbocycles. The number of nitrogens with zero attached hydrogens (tertiary/aromatic N) is 1. The van der Waals surface area contributed by atoms with Gasteiger partial charge in [-0.25, -0.2) is 4.79 Å².